The average molecular weight is 355 g/mol. The minimum Gasteiger partial charge on any atom is -0.507 e. The van der Waals surface area contributed by atoms with E-state index in [0.717, 1.165) is 16.8 Å². The molecule has 3 rings (SSSR count). The van der Waals surface area contributed by atoms with E-state index in [2.05, 4.69) is 30.6 Å². The van der Waals surface area contributed by atoms with Crippen molar-refractivity contribution in [1.29, 1.82) is 0 Å². The van der Waals surface area contributed by atoms with Gasteiger partial charge in [0, 0.05) is 23.3 Å². The lowest BCUT2D eigenvalue weighted by Gasteiger charge is -2.32. The van der Waals surface area contributed by atoms with Crippen molar-refractivity contribution in [2.45, 2.75) is 26.1 Å². The number of quaternary nitrogens is 1. The minimum absolute atomic E-state index is 0.0351. The molecule has 1 aliphatic heterocycles. The van der Waals surface area contributed by atoms with E-state index in [-0.39, 0.29) is 12.2 Å². The van der Waals surface area contributed by atoms with Crippen molar-refractivity contribution in [3.63, 3.8) is 0 Å². The number of aromatic hydroxyl groups is 1. The van der Waals surface area contributed by atoms with Crippen LogP contribution in [0.1, 0.15) is 31.0 Å². The van der Waals surface area contributed by atoms with Gasteiger partial charge in [0.25, 0.3) is 0 Å². The maximum atomic E-state index is 10.3. The average Bonchev–Trinajstić information content (AvgIpc) is 2.67. The second-order valence-corrected chi connectivity index (χ2v) is 6.84. The molecule has 0 amide bonds. The number of phenols is 1. The van der Waals surface area contributed by atoms with Crippen molar-refractivity contribution in [3.05, 3.63) is 59.7 Å². The molecular formula is C21H27N2O3+. The van der Waals surface area contributed by atoms with E-state index in [1.54, 1.807) is 20.3 Å². The van der Waals surface area contributed by atoms with Crippen molar-refractivity contribution < 1.29 is 19.9 Å². The number of hydrogen-bond donors (Lipinski definition) is 3. The maximum absolute atomic E-state index is 10.3. The zero-order valence-electron chi connectivity index (χ0n) is 15.7. The standard InChI is InChI=1S/C21H26N2O3/c1-13(2)21-22-16(14-9-10-19(25-3)20(11-14)26-4)12-17(23-21)15-7-5-6-8-18(15)24/h5-13,17,21-24H,1-4H3/p+1. The third-order valence-electron chi connectivity index (χ3n) is 4.79. The zero-order chi connectivity index (χ0) is 18.7. The fourth-order valence-corrected chi connectivity index (χ4v) is 3.27. The van der Waals surface area contributed by atoms with Crippen LogP contribution in [-0.4, -0.2) is 25.5 Å². The summed E-state index contributed by atoms with van der Waals surface area (Å²) >= 11 is 0. The van der Waals surface area contributed by atoms with E-state index in [4.69, 9.17) is 9.47 Å². The van der Waals surface area contributed by atoms with Gasteiger partial charge in [0.05, 0.1) is 19.8 Å². The third-order valence-corrected chi connectivity index (χ3v) is 4.79. The lowest BCUT2D eigenvalue weighted by Crippen LogP contribution is -2.96. The normalized spacial score (nSPS) is 19.7. The number of nitrogens with two attached hydrogens (primary N) is 1. The van der Waals surface area contributed by atoms with E-state index in [1.165, 1.54) is 0 Å². The van der Waals surface area contributed by atoms with E-state index in [1.807, 2.05) is 36.4 Å². The summed E-state index contributed by atoms with van der Waals surface area (Å²) in [5.74, 6) is 2.15. The van der Waals surface area contributed by atoms with Crippen LogP contribution in [0.5, 0.6) is 17.2 Å². The maximum Gasteiger partial charge on any atom is 0.162 e. The molecule has 1 heterocycles. The summed E-state index contributed by atoms with van der Waals surface area (Å²) in [6.07, 6.45) is 2.35. The molecule has 1 aliphatic rings. The highest BCUT2D eigenvalue weighted by atomic mass is 16.5. The summed E-state index contributed by atoms with van der Waals surface area (Å²) in [6, 6.07) is 13.5. The second-order valence-electron chi connectivity index (χ2n) is 6.84. The molecule has 0 aromatic heterocycles. The number of benzene rings is 2. The first kappa shape index (κ1) is 18.1. The van der Waals surface area contributed by atoms with Gasteiger partial charge in [0.2, 0.25) is 0 Å². The Morgan fingerprint density at radius 1 is 1.04 bits per heavy atom. The molecule has 0 aliphatic carbocycles. The monoisotopic (exact) mass is 355 g/mol. The number of rotatable bonds is 5. The van der Waals surface area contributed by atoms with Gasteiger partial charge in [-0.2, -0.15) is 0 Å². The van der Waals surface area contributed by atoms with Crippen LogP contribution in [0, 0.1) is 5.92 Å². The Balaban J connectivity index is 2.02. The number of nitrogens with one attached hydrogen (secondary N) is 1. The Bertz CT molecular complexity index is 802. The Kier molecular flexibility index (Phi) is 5.38. The lowest BCUT2D eigenvalue weighted by molar-refractivity contribution is -0.729. The van der Waals surface area contributed by atoms with Gasteiger partial charge in [-0.15, -0.1) is 0 Å². The molecule has 5 heteroatoms. The molecule has 2 atom stereocenters. The van der Waals surface area contributed by atoms with Crippen LogP contribution in [0.2, 0.25) is 0 Å². The Morgan fingerprint density at radius 2 is 1.77 bits per heavy atom. The molecule has 2 aromatic carbocycles. The van der Waals surface area contributed by atoms with Crippen LogP contribution >= 0.6 is 0 Å². The molecule has 4 N–H and O–H groups in total. The van der Waals surface area contributed by atoms with Gasteiger partial charge in [-0.05, 0) is 30.3 Å². The molecule has 0 fully saturated rings. The van der Waals surface area contributed by atoms with Crippen molar-refractivity contribution in [3.8, 4) is 17.2 Å². The van der Waals surface area contributed by atoms with Crippen LogP contribution in [0.4, 0.5) is 0 Å². The van der Waals surface area contributed by atoms with Gasteiger partial charge in [-0.1, -0.05) is 26.0 Å². The largest absolute Gasteiger partial charge is 0.507 e. The molecule has 0 saturated carbocycles. The quantitative estimate of drug-likeness (QED) is 0.771. The molecule has 5 nitrogen and oxygen atoms in total. The molecule has 0 saturated heterocycles. The highest BCUT2D eigenvalue weighted by Gasteiger charge is 2.30. The smallest absolute Gasteiger partial charge is 0.162 e. The van der Waals surface area contributed by atoms with Crippen LogP contribution < -0.4 is 20.1 Å². The molecule has 2 aromatic rings. The summed E-state index contributed by atoms with van der Waals surface area (Å²) < 4.78 is 10.8. The predicted molar refractivity (Wildman–Crippen MR) is 102 cm³/mol. The zero-order valence-corrected chi connectivity index (χ0v) is 15.7. The summed E-state index contributed by atoms with van der Waals surface area (Å²) in [6.45, 7) is 4.38. The fraction of sp³-hybridized carbons (Fsp3) is 0.333. The lowest BCUT2D eigenvalue weighted by atomic mass is 9.97. The summed E-state index contributed by atoms with van der Waals surface area (Å²) in [7, 11) is 3.27. The SMILES string of the molecule is COc1ccc(C2=CC(c3ccccc3O)[NH2+]C(C(C)C)N2)cc1OC. The Labute approximate surface area is 154 Å². The highest BCUT2D eigenvalue weighted by molar-refractivity contribution is 5.68. The van der Waals surface area contributed by atoms with E-state index in [0.29, 0.717) is 23.2 Å². The summed E-state index contributed by atoms with van der Waals surface area (Å²) in [5, 5.41) is 16.1. The van der Waals surface area contributed by atoms with Crippen LogP contribution in [0.3, 0.4) is 0 Å². The van der Waals surface area contributed by atoms with E-state index < -0.39 is 0 Å². The molecule has 138 valence electrons. The van der Waals surface area contributed by atoms with Crippen molar-refractivity contribution in [1.82, 2.24) is 5.32 Å². The van der Waals surface area contributed by atoms with Gasteiger partial charge in [-0.3, -0.25) is 0 Å². The minimum atomic E-state index is 0.0351. The molecule has 0 bridgehead atoms. The van der Waals surface area contributed by atoms with Crippen molar-refractivity contribution >= 4 is 5.70 Å². The summed E-state index contributed by atoms with van der Waals surface area (Å²) in [4.78, 5) is 0. The van der Waals surface area contributed by atoms with Gasteiger partial charge in [-0.25, -0.2) is 0 Å². The number of methoxy groups -OCH3 is 2. The van der Waals surface area contributed by atoms with E-state index >= 15 is 0 Å². The van der Waals surface area contributed by atoms with Crippen molar-refractivity contribution in [2.24, 2.45) is 5.92 Å². The van der Waals surface area contributed by atoms with Crippen LogP contribution in [0.15, 0.2) is 48.5 Å². The molecule has 26 heavy (non-hydrogen) atoms. The molecular weight excluding hydrogens is 328 g/mol. The van der Waals surface area contributed by atoms with Gasteiger partial charge in [0.1, 0.15) is 11.8 Å². The van der Waals surface area contributed by atoms with Gasteiger partial charge < -0.3 is 25.2 Å². The van der Waals surface area contributed by atoms with E-state index in [9.17, 15) is 5.11 Å². The van der Waals surface area contributed by atoms with Crippen LogP contribution in [-0.2, 0) is 0 Å². The first-order chi connectivity index (χ1) is 12.5. The Morgan fingerprint density at radius 3 is 2.42 bits per heavy atom. The number of ether oxygens (including phenoxy) is 2. The first-order valence-electron chi connectivity index (χ1n) is 8.87. The highest BCUT2D eigenvalue weighted by Crippen LogP contribution is 2.32. The van der Waals surface area contributed by atoms with Gasteiger partial charge >= 0.3 is 0 Å². The number of para-hydroxylation sites is 1. The Hall–Kier alpha value is -2.66. The summed E-state index contributed by atoms with van der Waals surface area (Å²) in [5.41, 5.74) is 2.97. The molecule has 2 unspecified atom stereocenters. The number of phenolic OH excluding ortho intramolecular Hbond substituents is 1. The molecule has 0 radical (unpaired) electrons. The second kappa shape index (κ2) is 7.70. The van der Waals surface area contributed by atoms with Crippen molar-refractivity contribution in [2.75, 3.05) is 14.2 Å². The van der Waals surface area contributed by atoms with Crippen LogP contribution in [0.25, 0.3) is 5.70 Å². The van der Waals surface area contributed by atoms with Gasteiger partial charge in [0.15, 0.2) is 17.7 Å². The topological polar surface area (TPSA) is 67.3 Å². The number of hydrogen-bond acceptors (Lipinski definition) is 4. The predicted octanol–water partition coefficient (Wildman–Crippen LogP) is 2.64. The third kappa shape index (κ3) is 3.63. The molecule has 0 spiro atoms. The first-order valence-corrected chi connectivity index (χ1v) is 8.87. The fourth-order valence-electron chi connectivity index (χ4n) is 3.27.